The van der Waals surface area contributed by atoms with Crippen LogP contribution < -0.4 is 10.1 Å². The molecule has 1 aliphatic heterocycles. The molecule has 108 valence electrons. The van der Waals surface area contributed by atoms with Gasteiger partial charge >= 0.3 is 0 Å². The SMILES string of the molecule is CNCCn1cc(S(=O)(=O)NN2CCCCC2)cn1. The van der Waals surface area contributed by atoms with E-state index in [9.17, 15) is 8.42 Å². The summed E-state index contributed by atoms with van der Waals surface area (Å²) in [6.07, 6.45) is 6.18. The molecule has 0 bridgehead atoms. The van der Waals surface area contributed by atoms with Crippen LogP contribution in [0.25, 0.3) is 0 Å². The standard InChI is InChI=1S/C11H21N5O2S/c1-12-5-8-16-10-11(9-13-16)19(17,18)14-15-6-3-2-4-7-15/h9-10,12,14H,2-8H2,1H3. The molecule has 2 rings (SSSR count). The molecule has 8 heteroatoms. The van der Waals surface area contributed by atoms with E-state index in [1.807, 2.05) is 7.05 Å². The maximum absolute atomic E-state index is 12.2. The van der Waals surface area contributed by atoms with E-state index in [4.69, 9.17) is 0 Å². The number of nitrogens with zero attached hydrogens (tertiary/aromatic N) is 3. The number of hydrazine groups is 1. The fourth-order valence-corrected chi connectivity index (χ4v) is 3.11. The van der Waals surface area contributed by atoms with E-state index in [1.54, 1.807) is 15.9 Å². The zero-order valence-electron chi connectivity index (χ0n) is 11.2. The Morgan fingerprint density at radius 3 is 2.74 bits per heavy atom. The molecule has 7 nitrogen and oxygen atoms in total. The molecule has 2 N–H and O–H groups in total. The van der Waals surface area contributed by atoms with Crippen molar-refractivity contribution in [1.82, 2.24) is 24.9 Å². The van der Waals surface area contributed by atoms with Crippen molar-refractivity contribution < 1.29 is 8.42 Å². The molecular weight excluding hydrogens is 266 g/mol. The van der Waals surface area contributed by atoms with Gasteiger partial charge in [0.2, 0.25) is 0 Å². The maximum Gasteiger partial charge on any atom is 0.256 e. The van der Waals surface area contributed by atoms with Gasteiger partial charge < -0.3 is 5.32 Å². The van der Waals surface area contributed by atoms with Gasteiger partial charge in [-0.25, -0.2) is 13.4 Å². The molecule has 0 atom stereocenters. The van der Waals surface area contributed by atoms with Crippen molar-refractivity contribution in [2.75, 3.05) is 26.7 Å². The van der Waals surface area contributed by atoms with E-state index in [1.165, 1.54) is 12.6 Å². The highest BCUT2D eigenvalue weighted by Gasteiger charge is 2.21. The van der Waals surface area contributed by atoms with E-state index in [2.05, 4.69) is 15.2 Å². The van der Waals surface area contributed by atoms with Crippen molar-refractivity contribution in [3.8, 4) is 0 Å². The van der Waals surface area contributed by atoms with Crippen LogP contribution in [0.3, 0.4) is 0 Å². The number of likely N-dealkylation sites (N-methyl/N-ethyl adjacent to an activating group) is 1. The highest BCUT2D eigenvalue weighted by Crippen LogP contribution is 2.11. The first-order valence-electron chi connectivity index (χ1n) is 6.56. The summed E-state index contributed by atoms with van der Waals surface area (Å²) in [6.45, 7) is 2.94. The van der Waals surface area contributed by atoms with Gasteiger partial charge in [0.1, 0.15) is 4.90 Å². The molecule has 1 aromatic heterocycles. The average Bonchev–Trinajstić information content (AvgIpc) is 2.86. The minimum atomic E-state index is -3.49. The summed E-state index contributed by atoms with van der Waals surface area (Å²) in [7, 11) is -1.65. The molecule has 0 aromatic carbocycles. The van der Waals surface area contributed by atoms with Crippen LogP contribution in [0, 0.1) is 0 Å². The van der Waals surface area contributed by atoms with Gasteiger partial charge in [-0.1, -0.05) is 6.42 Å². The lowest BCUT2D eigenvalue weighted by atomic mass is 10.2. The fourth-order valence-electron chi connectivity index (χ4n) is 2.04. The number of piperidine rings is 1. The second-order valence-corrected chi connectivity index (χ2v) is 6.35. The molecule has 1 aliphatic rings. The monoisotopic (exact) mass is 287 g/mol. The van der Waals surface area contributed by atoms with E-state index in [0.29, 0.717) is 6.54 Å². The quantitative estimate of drug-likeness (QED) is 0.756. The summed E-state index contributed by atoms with van der Waals surface area (Å²) >= 11 is 0. The van der Waals surface area contributed by atoms with Crippen LogP contribution in [0.1, 0.15) is 19.3 Å². The lowest BCUT2D eigenvalue weighted by Gasteiger charge is -2.26. The van der Waals surface area contributed by atoms with Crippen LogP contribution in [0.4, 0.5) is 0 Å². The van der Waals surface area contributed by atoms with Crippen molar-refractivity contribution in [3.63, 3.8) is 0 Å². The lowest BCUT2D eigenvalue weighted by Crippen LogP contribution is -2.44. The number of aromatic nitrogens is 2. The predicted molar refractivity (Wildman–Crippen MR) is 71.9 cm³/mol. The summed E-state index contributed by atoms with van der Waals surface area (Å²) < 4.78 is 26.0. The summed E-state index contributed by atoms with van der Waals surface area (Å²) in [4.78, 5) is 2.83. The van der Waals surface area contributed by atoms with Crippen LogP contribution in [-0.2, 0) is 16.6 Å². The largest absolute Gasteiger partial charge is 0.318 e. The molecule has 0 amide bonds. The molecule has 0 unspecified atom stereocenters. The first-order chi connectivity index (χ1) is 9.12. The van der Waals surface area contributed by atoms with Gasteiger partial charge in [0.15, 0.2) is 0 Å². The van der Waals surface area contributed by atoms with Crippen molar-refractivity contribution in [3.05, 3.63) is 12.4 Å². The Hall–Kier alpha value is -0.960. The highest BCUT2D eigenvalue weighted by atomic mass is 32.2. The van der Waals surface area contributed by atoms with Gasteiger partial charge in [-0.3, -0.25) is 4.68 Å². The average molecular weight is 287 g/mol. The molecule has 0 saturated carbocycles. The molecule has 1 fully saturated rings. The Labute approximate surface area is 114 Å². The number of rotatable bonds is 6. The summed E-state index contributed by atoms with van der Waals surface area (Å²) in [5.41, 5.74) is 0. The topological polar surface area (TPSA) is 79.3 Å². The summed E-state index contributed by atoms with van der Waals surface area (Å²) in [5, 5.41) is 8.82. The molecule has 0 spiro atoms. The molecule has 0 aliphatic carbocycles. The maximum atomic E-state index is 12.2. The first kappa shape index (κ1) is 14.4. The zero-order valence-corrected chi connectivity index (χ0v) is 12.0. The van der Waals surface area contributed by atoms with E-state index < -0.39 is 10.0 Å². The third kappa shape index (κ3) is 4.00. The molecule has 2 heterocycles. The predicted octanol–water partition coefficient (Wildman–Crippen LogP) is -0.218. The van der Waals surface area contributed by atoms with E-state index in [0.717, 1.165) is 32.5 Å². The molecule has 1 saturated heterocycles. The molecule has 1 aromatic rings. The minimum Gasteiger partial charge on any atom is -0.318 e. The highest BCUT2D eigenvalue weighted by molar-refractivity contribution is 7.89. The van der Waals surface area contributed by atoms with E-state index in [-0.39, 0.29) is 4.90 Å². The normalized spacial score (nSPS) is 17.7. The number of nitrogens with one attached hydrogen (secondary N) is 2. The minimum absolute atomic E-state index is 0.217. The third-order valence-corrected chi connectivity index (χ3v) is 4.45. The van der Waals surface area contributed by atoms with Crippen molar-refractivity contribution >= 4 is 10.0 Å². The molecule has 19 heavy (non-hydrogen) atoms. The summed E-state index contributed by atoms with van der Waals surface area (Å²) in [5.74, 6) is 0. The second-order valence-electron chi connectivity index (χ2n) is 4.69. The van der Waals surface area contributed by atoms with Crippen LogP contribution in [0.5, 0.6) is 0 Å². The third-order valence-electron chi connectivity index (χ3n) is 3.12. The Morgan fingerprint density at radius 1 is 1.32 bits per heavy atom. The van der Waals surface area contributed by atoms with Crippen LogP contribution >= 0.6 is 0 Å². The number of sulfonamides is 1. The second kappa shape index (κ2) is 6.47. The van der Waals surface area contributed by atoms with Crippen LogP contribution in [0.2, 0.25) is 0 Å². The smallest absolute Gasteiger partial charge is 0.256 e. The lowest BCUT2D eigenvalue weighted by molar-refractivity contribution is 0.200. The van der Waals surface area contributed by atoms with Gasteiger partial charge in [-0.15, -0.1) is 4.83 Å². The Bertz CT molecular complexity index is 493. The van der Waals surface area contributed by atoms with Crippen molar-refractivity contribution in [2.24, 2.45) is 0 Å². The van der Waals surface area contributed by atoms with Gasteiger partial charge in [0.25, 0.3) is 10.0 Å². The Kier molecular flexibility index (Phi) is 4.92. The van der Waals surface area contributed by atoms with Crippen LogP contribution in [-0.4, -0.2) is 49.9 Å². The van der Waals surface area contributed by atoms with Crippen molar-refractivity contribution in [1.29, 1.82) is 0 Å². The number of hydrogen-bond donors (Lipinski definition) is 2. The van der Waals surface area contributed by atoms with Gasteiger partial charge in [0, 0.05) is 25.8 Å². The molecular formula is C11H21N5O2S. The van der Waals surface area contributed by atoms with Crippen LogP contribution in [0.15, 0.2) is 17.3 Å². The van der Waals surface area contributed by atoms with Gasteiger partial charge in [0.05, 0.1) is 12.7 Å². The molecule has 0 radical (unpaired) electrons. The summed E-state index contributed by atoms with van der Waals surface area (Å²) in [6, 6.07) is 0. The number of hydrogen-bond acceptors (Lipinski definition) is 5. The van der Waals surface area contributed by atoms with Gasteiger partial charge in [-0.05, 0) is 19.9 Å². The fraction of sp³-hybridized carbons (Fsp3) is 0.727. The Balaban J connectivity index is 1.99. The van der Waals surface area contributed by atoms with Gasteiger partial charge in [-0.2, -0.15) is 5.10 Å². The van der Waals surface area contributed by atoms with E-state index >= 15 is 0 Å². The first-order valence-corrected chi connectivity index (χ1v) is 8.04. The zero-order chi connectivity index (χ0) is 13.7. The van der Waals surface area contributed by atoms with Crippen molar-refractivity contribution in [2.45, 2.75) is 30.7 Å². The Morgan fingerprint density at radius 2 is 2.05 bits per heavy atom.